The number of aryl methyl sites for hydroxylation is 1. The van der Waals surface area contributed by atoms with Gasteiger partial charge in [0.2, 0.25) is 0 Å². The molecule has 0 amide bonds. The monoisotopic (exact) mass is 250 g/mol. The molecule has 1 saturated heterocycles. The van der Waals surface area contributed by atoms with Crippen molar-refractivity contribution >= 4 is 0 Å². The van der Waals surface area contributed by atoms with E-state index in [1.54, 1.807) is 0 Å². The summed E-state index contributed by atoms with van der Waals surface area (Å²) in [6, 6.07) is 1.33. The maximum absolute atomic E-state index is 4.27. The van der Waals surface area contributed by atoms with Gasteiger partial charge in [-0.2, -0.15) is 5.10 Å². The standard InChI is InChI=1S/C14H26N4/c1-4-6-14-8-15-13(5-2)11-18(14)10-12-7-16-17(3)9-12/h7,9,13-15H,4-6,8,10-11H2,1-3H3. The fourth-order valence-electron chi connectivity index (χ4n) is 2.80. The summed E-state index contributed by atoms with van der Waals surface area (Å²) in [5.41, 5.74) is 1.33. The SMILES string of the molecule is CCCC1CNC(CC)CN1Cc1cnn(C)c1. The van der Waals surface area contributed by atoms with E-state index in [1.165, 1.54) is 24.8 Å². The molecule has 0 aromatic carbocycles. The van der Waals surface area contributed by atoms with E-state index < -0.39 is 0 Å². The molecule has 2 rings (SSSR count). The first-order chi connectivity index (χ1) is 8.72. The van der Waals surface area contributed by atoms with Crippen molar-refractivity contribution in [3.05, 3.63) is 18.0 Å². The van der Waals surface area contributed by atoms with Crippen LogP contribution in [0.15, 0.2) is 12.4 Å². The zero-order chi connectivity index (χ0) is 13.0. The van der Waals surface area contributed by atoms with E-state index in [1.807, 2.05) is 17.9 Å². The molecule has 102 valence electrons. The summed E-state index contributed by atoms with van der Waals surface area (Å²) in [5, 5.41) is 7.93. The molecule has 4 nitrogen and oxygen atoms in total. The lowest BCUT2D eigenvalue weighted by Gasteiger charge is -2.40. The van der Waals surface area contributed by atoms with Crippen molar-refractivity contribution in [1.29, 1.82) is 0 Å². The predicted molar refractivity (Wildman–Crippen MR) is 74.4 cm³/mol. The van der Waals surface area contributed by atoms with Gasteiger partial charge in [-0.15, -0.1) is 0 Å². The van der Waals surface area contributed by atoms with Gasteiger partial charge < -0.3 is 5.32 Å². The summed E-state index contributed by atoms with van der Waals surface area (Å²) in [6.45, 7) is 7.87. The smallest absolute Gasteiger partial charge is 0.0534 e. The second-order valence-electron chi connectivity index (χ2n) is 5.41. The highest BCUT2D eigenvalue weighted by molar-refractivity contribution is 5.04. The van der Waals surface area contributed by atoms with E-state index in [4.69, 9.17) is 0 Å². The fourth-order valence-corrected chi connectivity index (χ4v) is 2.80. The third-order valence-electron chi connectivity index (χ3n) is 3.87. The van der Waals surface area contributed by atoms with Crippen molar-refractivity contribution in [2.45, 2.75) is 51.7 Å². The number of rotatable bonds is 5. The first-order valence-corrected chi connectivity index (χ1v) is 7.17. The second kappa shape index (κ2) is 6.34. The first kappa shape index (κ1) is 13.6. The van der Waals surface area contributed by atoms with E-state index in [0.717, 1.165) is 19.6 Å². The van der Waals surface area contributed by atoms with Gasteiger partial charge in [0.15, 0.2) is 0 Å². The molecule has 1 aromatic heterocycles. The molecule has 0 bridgehead atoms. The highest BCUT2D eigenvalue weighted by atomic mass is 15.3. The molecule has 1 aromatic rings. The van der Waals surface area contributed by atoms with Crippen LogP contribution in [0.4, 0.5) is 0 Å². The topological polar surface area (TPSA) is 33.1 Å². The maximum Gasteiger partial charge on any atom is 0.0534 e. The molecule has 18 heavy (non-hydrogen) atoms. The van der Waals surface area contributed by atoms with Crippen LogP contribution in [0.3, 0.4) is 0 Å². The predicted octanol–water partition coefficient (Wildman–Crippen LogP) is 1.77. The Bertz CT molecular complexity index is 360. The summed E-state index contributed by atoms with van der Waals surface area (Å²) in [6.07, 6.45) is 7.87. The molecule has 1 aliphatic heterocycles. The van der Waals surface area contributed by atoms with Crippen molar-refractivity contribution in [2.24, 2.45) is 7.05 Å². The van der Waals surface area contributed by atoms with Crippen LogP contribution >= 0.6 is 0 Å². The number of hydrogen-bond acceptors (Lipinski definition) is 3. The van der Waals surface area contributed by atoms with Gasteiger partial charge in [-0.3, -0.25) is 9.58 Å². The van der Waals surface area contributed by atoms with Gasteiger partial charge in [-0.05, 0) is 12.8 Å². The first-order valence-electron chi connectivity index (χ1n) is 7.17. The van der Waals surface area contributed by atoms with Gasteiger partial charge in [0.25, 0.3) is 0 Å². The molecule has 1 aliphatic rings. The molecule has 0 spiro atoms. The van der Waals surface area contributed by atoms with Crippen LogP contribution in [0.2, 0.25) is 0 Å². The molecule has 0 radical (unpaired) electrons. The van der Waals surface area contributed by atoms with Crippen LogP contribution in [0, 0.1) is 0 Å². The molecule has 0 saturated carbocycles. The molecule has 2 unspecified atom stereocenters. The molecule has 1 N–H and O–H groups in total. The molecule has 2 heterocycles. The largest absolute Gasteiger partial charge is 0.311 e. The van der Waals surface area contributed by atoms with Gasteiger partial charge in [0.05, 0.1) is 6.20 Å². The van der Waals surface area contributed by atoms with Gasteiger partial charge in [-0.1, -0.05) is 20.3 Å². The molecular formula is C14H26N4. The average molecular weight is 250 g/mol. The summed E-state index contributed by atoms with van der Waals surface area (Å²) in [5.74, 6) is 0. The summed E-state index contributed by atoms with van der Waals surface area (Å²) < 4.78 is 1.89. The highest BCUT2D eigenvalue weighted by Crippen LogP contribution is 2.16. The summed E-state index contributed by atoms with van der Waals surface area (Å²) in [4.78, 5) is 2.63. The number of aromatic nitrogens is 2. The Balaban J connectivity index is 2.00. The summed E-state index contributed by atoms with van der Waals surface area (Å²) in [7, 11) is 1.99. The van der Waals surface area contributed by atoms with Crippen LogP contribution in [-0.2, 0) is 13.6 Å². The van der Waals surface area contributed by atoms with Gasteiger partial charge in [0.1, 0.15) is 0 Å². The quantitative estimate of drug-likeness (QED) is 0.864. The summed E-state index contributed by atoms with van der Waals surface area (Å²) >= 11 is 0. The third kappa shape index (κ3) is 3.33. The minimum absolute atomic E-state index is 0.648. The Morgan fingerprint density at radius 1 is 1.44 bits per heavy atom. The van der Waals surface area contributed by atoms with Crippen LogP contribution in [0.25, 0.3) is 0 Å². The highest BCUT2D eigenvalue weighted by Gasteiger charge is 2.26. The van der Waals surface area contributed by atoms with E-state index >= 15 is 0 Å². The van der Waals surface area contributed by atoms with Crippen LogP contribution in [-0.4, -0.2) is 39.9 Å². The second-order valence-corrected chi connectivity index (χ2v) is 5.41. The number of nitrogens with zero attached hydrogens (tertiary/aromatic N) is 3. The Hall–Kier alpha value is -0.870. The van der Waals surface area contributed by atoms with Gasteiger partial charge >= 0.3 is 0 Å². The molecule has 0 aliphatic carbocycles. The van der Waals surface area contributed by atoms with Gasteiger partial charge in [0, 0.05) is 50.5 Å². The zero-order valence-corrected chi connectivity index (χ0v) is 11.9. The van der Waals surface area contributed by atoms with E-state index in [9.17, 15) is 0 Å². The Labute approximate surface area is 110 Å². The van der Waals surface area contributed by atoms with Crippen LogP contribution in [0.1, 0.15) is 38.7 Å². The van der Waals surface area contributed by atoms with Crippen molar-refractivity contribution in [3.8, 4) is 0 Å². The number of piperazine rings is 1. The minimum atomic E-state index is 0.648. The van der Waals surface area contributed by atoms with Crippen molar-refractivity contribution in [3.63, 3.8) is 0 Å². The lowest BCUT2D eigenvalue weighted by Crippen LogP contribution is -2.55. The minimum Gasteiger partial charge on any atom is -0.311 e. The Kier molecular flexibility index (Phi) is 4.78. The van der Waals surface area contributed by atoms with Crippen molar-refractivity contribution < 1.29 is 0 Å². The van der Waals surface area contributed by atoms with E-state index in [-0.39, 0.29) is 0 Å². The lowest BCUT2D eigenvalue weighted by atomic mass is 10.0. The third-order valence-corrected chi connectivity index (χ3v) is 3.87. The normalized spacial score (nSPS) is 25.5. The number of nitrogens with one attached hydrogen (secondary N) is 1. The lowest BCUT2D eigenvalue weighted by molar-refractivity contribution is 0.113. The molecular weight excluding hydrogens is 224 g/mol. The van der Waals surface area contributed by atoms with E-state index in [2.05, 4.69) is 35.4 Å². The van der Waals surface area contributed by atoms with Crippen LogP contribution in [0.5, 0.6) is 0 Å². The Morgan fingerprint density at radius 2 is 2.28 bits per heavy atom. The zero-order valence-electron chi connectivity index (χ0n) is 11.9. The van der Waals surface area contributed by atoms with Gasteiger partial charge in [-0.25, -0.2) is 0 Å². The van der Waals surface area contributed by atoms with Crippen LogP contribution < -0.4 is 5.32 Å². The maximum atomic E-state index is 4.27. The Morgan fingerprint density at radius 3 is 2.89 bits per heavy atom. The molecule has 2 atom stereocenters. The van der Waals surface area contributed by atoms with Crippen molar-refractivity contribution in [1.82, 2.24) is 20.0 Å². The average Bonchev–Trinajstić information content (AvgIpc) is 2.77. The fraction of sp³-hybridized carbons (Fsp3) is 0.786. The van der Waals surface area contributed by atoms with Crippen molar-refractivity contribution in [2.75, 3.05) is 13.1 Å². The number of hydrogen-bond donors (Lipinski definition) is 1. The molecule has 4 heteroatoms. The molecule has 1 fully saturated rings. The van der Waals surface area contributed by atoms with E-state index in [0.29, 0.717) is 12.1 Å².